The van der Waals surface area contributed by atoms with Crippen LogP contribution in [0.4, 0.5) is 5.95 Å². The Kier molecular flexibility index (Phi) is 8.60. The molecule has 5 aromatic rings. The van der Waals surface area contributed by atoms with Crippen LogP contribution < -0.4 is 19.7 Å². The number of para-hydroxylation sites is 2. The summed E-state index contributed by atoms with van der Waals surface area (Å²) in [7, 11) is -3.82. The maximum atomic E-state index is 14.0. The minimum atomic E-state index is -3.82. The first kappa shape index (κ1) is 26.8. The highest BCUT2D eigenvalue weighted by atomic mass is 31.2. The van der Waals surface area contributed by atoms with Crippen molar-refractivity contribution in [3.63, 3.8) is 0 Å². The molecule has 0 saturated carbocycles. The fraction of sp³-hybridized carbons (Fsp3) is 0.103. The van der Waals surface area contributed by atoms with Crippen molar-refractivity contribution < 1.29 is 18.4 Å². The molecule has 0 fully saturated rings. The third-order valence-corrected chi connectivity index (χ3v) is 7.45. The molecule has 0 unspecified atom stereocenters. The molecule has 0 aliphatic carbocycles. The predicted octanol–water partition coefficient (Wildman–Crippen LogP) is 5.31. The molecule has 0 saturated heterocycles. The molecule has 5 rings (SSSR count). The Balaban J connectivity index is 1.36. The number of tetrazole rings is 1. The highest BCUT2D eigenvalue weighted by Gasteiger charge is 2.31. The number of carbonyl (C=O) groups excluding carboxylic acids is 1. The van der Waals surface area contributed by atoms with Gasteiger partial charge in [0.05, 0.1) is 6.04 Å². The largest absolute Gasteiger partial charge is 0.444 e. The number of rotatable bonds is 12. The van der Waals surface area contributed by atoms with Gasteiger partial charge in [-0.2, -0.15) is 5.21 Å². The van der Waals surface area contributed by atoms with E-state index in [1.165, 1.54) is 0 Å². The lowest BCUT2D eigenvalue weighted by atomic mass is 10.0. The third kappa shape index (κ3) is 7.41. The topological polar surface area (TPSA) is 131 Å². The summed E-state index contributed by atoms with van der Waals surface area (Å²) >= 11 is 0. The maximum Gasteiger partial charge on any atom is 0.444 e. The number of amides is 1. The molecule has 0 spiro atoms. The van der Waals surface area contributed by atoms with Crippen LogP contribution in [0.5, 0.6) is 11.5 Å². The summed E-state index contributed by atoms with van der Waals surface area (Å²) < 4.78 is 25.7. The number of nitrogens with one attached hydrogen (secondary N) is 3. The third-order valence-electron chi connectivity index (χ3n) is 5.90. The fourth-order valence-electron chi connectivity index (χ4n) is 3.96. The smallest absolute Gasteiger partial charge is 0.415 e. The molecule has 11 heteroatoms. The summed E-state index contributed by atoms with van der Waals surface area (Å²) in [6.45, 7) is 0. The van der Waals surface area contributed by atoms with Crippen molar-refractivity contribution in [1.29, 1.82) is 0 Å². The van der Waals surface area contributed by atoms with Gasteiger partial charge in [0.15, 0.2) is 0 Å². The maximum absolute atomic E-state index is 14.0. The van der Waals surface area contributed by atoms with Crippen LogP contribution in [0.25, 0.3) is 11.1 Å². The van der Waals surface area contributed by atoms with Crippen LogP contribution in [-0.2, 0) is 15.8 Å². The Bertz CT molecular complexity index is 1490. The molecule has 1 amide bonds. The Labute approximate surface area is 231 Å². The van der Waals surface area contributed by atoms with E-state index in [4.69, 9.17) is 9.05 Å². The van der Waals surface area contributed by atoms with E-state index < -0.39 is 19.5 Å². The lowest BCUT2D eigenvalue weighted by Gasteiger charge is -2.23. The Hall–Kier alpha value is -4.79. The summed E-state index contributed by atoms with van der Waals surface area (Å²) in [5, 5.41) is 19.1. The summed E-state index contributed by atoms with van der Waals surface area (Å²) in [5.74, 6) is 0.362. The molecular weight excluding hydrogens is 527 g/mol. The zero-order valence-corrected chi connectivity index (χ0v) is 22.3. The van der Waals surface area contributed by atoms with Gasteiger partial charge in [-0.3, -0.25) is 15.4 Å². The van der Waals surface area contributed by atoms with E-state index in [1.54, 1.807) is 48.5 Å². The molecule has 0 aliphatic heterocycles. The summed E-state index contributed by atoms with van der Waals surface area (Å²) in [4.78, 5) is 13.3. The van der Waals surface area contributed by atoms with Crippen molar-refractivity contribution in [1.82, 2.24) is 25.9 Å². The molecule has 4 aromatic carbocycles. The standard InChI is InChI=1S/C29H27N6O4P/c36-28(31-29-32-34-35-33-29)27(20-22-16-18-24(19-17-22)23-10-4-1-5-11-23)30-21-40(37,38-25-12-6-2-7-13-25)39-26-14-8-3-9-15-26/h1-19,27,30H,20-21H2,(H2,31,32,33,34,35,36)/t27-/m0/s1. The van der Waals surface area contributed by atoms with E-state index in [-0.39, 0.29) is 18.7 Å². The second-order valence-corrected chi connectivity index (χ2v) is 10.7. The zero-order chi connectivity index (χ0) is 27.6. The van der Waals surface area contributed by atoms with Crippen LogP contribution in [0.2, 0.25) is 0 Å². The van der Waals surface area contributed by atoms with Gasteiger partial charge < -0.3 is 9.05 Å². The van der Waals surface area contributed by atoms with E-state index in [9.17, 15) is 9.36 Å². The normalized spacial score (nSPS) is 11.9. The number of anilines is 1. The average Bonchev–Trinajstić information content (AvgIpc) is 3.50. The molecule has 0 radical (unpaired) electrons. The molecule has 40 heavy (non-hydrogen) atoms. The van der Waals surface area contributed by atoms with Crippen molar-refractivity contribution in [2.24, 2.45) is 0 Å². The molecule has 10 nitrogen and oxygen atoms in total. The minimum Gasteiger partial charge on any atom is -0.415 e. The number of hydrogen-bond donors (Lipinski definition) is 3. The summed E-state index contributed by atoms with van der Waals surface area (Å²) in [6, 6.07) is 34.6. The Morgan fingerprint density at radius 1 is 0.775 bits per heavy atom. The van der Waals surface area contributed by atoms with E-state index in [2.05, 4.69) is 31.3 Å². The number of H-pyrrole nitrogens is 1. The quantitative estimate of drug-likeness (QED) is 0.177. The van der Waals surface area contributed by atoms with Gasteiger partial charge in [0.1, 0.15) is 17.8 Å². The molecule has 0 bridgehead atoms. The van der Waals surface area contributed by atoms with E-state index in [0.29, 0.717) is 11.5 Å². The van der Waals surface area contributed by atoms with Crippen molar-refractivity contribution in [3.8, 4) is 22.6 Å². The van der Waals surface area contributed by atoms with E-state index in [1.807, 2.05) is 66.7 Å². The average molecular weight is 555 g/mol. The highest BCUT2D eigenvalue weighted by molar-refractivity contribution is 7.54. The second-order valence-electron chi connectivity index (χ2n) is 8.83. The number of aromatic nitrogens is 4. The van der Waals surface area contributed by atoms with Crippen LogP contribution >= 0.6 is 7.60 Å². The number of nitrogens with zero attached hydrogens (tertiary/aromatic N) is 3. The van der Waals surface area contributed by atoms with Crippen molar-refractivity contribution >= 4 is 19.5 Å². The zero-order valence-electron chi connectivity index (χ0n) is 21.4. The van der Waals surface area contributed by atoms with Crippen molar-refractivity contribution in [3.05, 3.63) is 121 Å². The molecule has 1 heterocycles. The predicted molar refractivity (Wildman–Crippen MR) is 152 cm³/mol. The Morgan fingerprint density at radius 3 is 1.88 bits per heavy atom. The molecule has 0 aliphatic rings. The minimum absolute atomic E-state index is 0.0282. The summed E-state index contributed by atoms with van der Waals surface area (Å²) in [5.41, 5.74) is 3.04. The fourth-order valence-corrected chi connectivity index (χ4v) is 5.45. The van der Waals surface area contributed by atoms with Gasteiger partial charge in [-0.15, -0.1) is 5.10 Å². The number of aromatic amines is 1. The van der Waals surface area contributed by atoms with Gasteiger partial charge in [0, 0.05) is 0 Å². The van der Waals surface area contributed by atoms with Crippen LogP contribution in [-0.4, -0.2) is 38.9 Å². The molecule has 1 aromatic heterocycles. The highest BCUT2D eigenvalue weighted by Crippen LogP contribution is 2.47. The van der Waals surface area contributed by atoms with Gasteiger partial charge in [-0.05, 0) is 52.6 Å². The Morgan fingerprint density at radius 2 is 1.32 bits per heavy atom. The van der Waals surface area contributed by atoms with Gasteiger partial charge in [-0.1, -0.05) is 96.1 Å². The van der Waals surface area contributed by atoms with Gasteiger partial charge in [0.25, 0.3) is 5.95 Å². The lowest BCUT2D eigenvalue weighted by molar-refractivity contribution is -0.118. The molecule has 1 atom stereocenters. The van der Waals surface area contributed by atoms with Crippen LogP contribution in [0.3, 0.4) is 0 Å². The molecular formula is C29H27N6O4P. The molecule has 3 N–H and O–H groups in total. The van der Waals surface area contributed by atoms with Crippen LogP contribution in [0.1, 0.15) is 5.56 Å². The second kappa shape index (κ2) is 12.8. The summed E-state index contributed by atoms with van der Waals surface area (Å²) in [6.07, 6.45) is 0.0403. The van der Waals surface area contributed by atoms with Gasteiger partial charge in [-0.25, -0.2) is 4.57 Å². The first-order chi connectivity index (χ1) is 19.6. The lowest BCUT2D eigenvalue weighted by Crippen LogP contribution is -2.43. The number of benzene rings is 4. The number of hydrogen-bond acceptors (Lipinski definition) is 8. The van der Waals surface area contributed by atoms with Crippen LogP contribution in [0.15, 0.2) is 115 Å². The van der Waals surface area contributed by atoms with Crippen molar-refractivity contribution in [2.75, 3.05) is 11.6 Å². The van der Waals surface area contributed by atoms with E-state index in [0.717, 1.165) is 16.7 Å². The van der Waals surface area contributed by atoms with Gasteiger partial charge in [0.2, 0.25) is 5.91 Å². The molecule has 202 valence electrons. The van der Waals surface area contributed by atoms with Crippen LogP contribution in [0, 0.1) is 0 Å². The number of carbonyl (C=O) groups is 1. The SMILES string of the molecule is O=C(Nc1nn[nH]n1)[C@H](Cc1ccc(-c2ccccc2)cc1)NCP(=O)(Oc1ccccc1)Oc1ccccc1. The van der Waals surface area contributed by atoms with Crippen molar-refractivity contribution in [2.45, 2.75) is 12.5 Å². The van der Waals surface area contributed by atoms with E-state index >= 15 is 0 Å². The van der Waals surface area contributed by atoms with Gasteiger partial charge >= 0.3 is 7.60 Å². The first-order valence-electron chi connectivity index (χ1n) is 12.6. The first-order valence-corrected chi connectivity index (χ1v) is 14.3. The monoisotopic (exact) mass is 554 g/mol.